The van der Waals surface area contributed by atoms with E-state index in [-0.39, 0.29) is 11.3 Å². The van der Waals surface area contributed by atoms with E-state index in [1.165, 1.54) is 30.3 Å². The van der Waals surface area contributed by atoms with Crippen LogP contribution in [-0.4, -0.2) is 22.4 Å². The molecule has 1 aromatic rings. The van der Waals surface area contributed by atoms with Crippen molar-refractivity contribution >= 4 is 23.4 Å². The Kier molecular flexibility index (Phi) is 4.02. The van der Waals surface area contributed by atoms with Gasteiger partial charge in [-0.2, -0.15) is 5.10 Å². The van der Waals surface area contributed by atoms with Crippen molar-refractivity contribution in [1.82, 2.24) is 10.4 Å². The smallest absolute Gasteiger partial charge is 0.250 e. The first-order valence-electron chi connectivity index (χ1n) is 7.83. The van der Waals surface area contributed by atoms with Gasteiger partial charge in [0.05, 0.1) is 10.8 Å². The number of rotatable bonds is 4. The highest BCUT2D eigenvalue weighted by molar-refractivity contribution is 7.99. The van der Waals surface area contributed by atoms with Gasteiger partial charge >= 0.3 is 0 Å². The van der Waals surface area contributed by atoms with Gasteiger partial charge in [0.2, 0.25) is 5.91 Å². The maximum absolute atomic E-state index is 12.0. The second-order valence-electron chi connectivity index (χ2n) is 7.04. The Morgan fingerprint density at radius 1 is 1.45 bits per heavy atom. The van der Waals surface area contributed by atoms with E-state index < -0.39 is 0 Å². The molecule has 3 rings (SSSR count). The van der Waals surface area contributed by atoms with Crippen LogP contribution in [0, 0.1) is 16.7 Å². The summed E-state index contributed by atoms with van der Waals surface area (Å²) in [7, 11) is 0. The number of amides is 1. The monoisotopic (exact) mass is 317 g/mol. The summed E-state index contributed by atoms with van der Waals surface area (Å²) in [6.45, 7) is 6.98. The minimum atomic E-state index is -0.0627. The average Bonchev–Trinajstić information content (AvgIpc) is 2.85. The summed E-state index contributed by atoms with van der Waals surface area (Å²) in [5, 5.41) is 5.33. The van der Waals surface area contributed by atoms with E-state index in [4.69, 9.17) is 0 Å². The van der Waals surface area contributed by atoms with Crippen LogP contribution >= 0.6 is 11.8 Å². The Labute approximate surface area is 136 Å². The highest BCUT2D eigenvalue weighted by Gasteiger charge is 2.59. The molecule has 118 valence electrons. The molecule has 1 heterocycles. The van der Waals surface area contributed by atoms with E-state index in [0.29, 0.717) is 17.1 Å². The van der Waals surface area contributed by atoms with Crippen molar-refractivity contribution in [3.05, 3.63) is 24.4 Å². The second kappa shape index (κ2) is 5.69. The van der Waals surface area contributed by atoms with E-state index in [9.17, 15) is 4.79 Å². The molecule has 0 radical (unpaired) electrons. The third-order valence-corrected chi connectivity index (χ3v) is 6.76. The van der Waals surface area contributed by atoms with Gasteiger partial charge in [0.25, 0.3) is 0 Å². The Bertz CT molecular complexity index is 599. The largest absolute Gasteiger partial charge is 0.272 e. The summed E-state index contributed by atoms with van der Waals surface area (Å²) < 4.78 is 0. The fourth-order valence-electron chi connectivity index (χ4n) is 3.83. The molecule has 2 saturated carbocycles. The van der Waals surface area contributed by atoms with Crippen molar-refractivity contribution in [3.63, 3.8) is 0 Å². The zero-order valence-electron chi connectivity index (χ0n) is 13.4. The quantitative estimate of drug-likeness (QED) is 0.683. The highest BCUT2D eigenvalue weighted by Crippen LogP contribution is 2.63. The van der Waals surface area contributed by atoms with Crippen LogP contribution in [-0.2, 0) is 4.79 Å². The molecule has 22 heavy (non-hydrogen) atoms. The first kappa shape index (κ1) is 15.5. The van der Waals surface area contributed by atoms with Gasteiger partial charge in [-0.05, 0) is 42.7 Å². The molecular formula is C17H23N3OS. The predicted octanol–water partition coefficient (Wildman–Crippen LogP) is 3.49. The molecule has 0 aliphatic heterocycles. The average molecular weight is 317 g/mol. The Morgan fingerprint density at radius 3 is 2.86 bits per heavy atom. The molecule has 2 aliphatic rings. The number of hydrogen-bond donors (Lipinski definition) is 1. The number of thioether (sulfide) groups is 1. The van der Waals surface area contributed by atoms with Crippen LogP contribution in [0.3, 0.4) is 0 Å². The lowest BCUT2D eigenvalue weighted by Crippen LogP contribution is -2.34. The van der Waals surface area contributed by atoms with Crippen molar-refractivity contribution in [3.8, 4) is 0 Å². The topological polar surface area (TPSA) is 54.4 Å². The number of nitrogens with zero attached hydrogens (tertiary/aromatic N) is 2. The number of pyridine rings is 1. The minimum absolute atomic E-state index is 0.0627. The summed E-state index contributed by atoms with van der Waals surface area (Å²) in [5.74, 6) is 0.987. The summed E-state index contributed by atoms with van der Waals surface area (Å²) in [6.07, 6.45) is 5.23. The van der Waals surface area contributed by atoms with Gasteiger partial charge in [-0.15, -0.1) is 0 Å². The third-order valence-electron chi connectivity index (χ3n) is 5.82. The first-order valence-corrected chi connectivity index (χ1v) is 8.82. The molecular weight excluding hydrogens is 294 g/mol. The molecule has 1 aromatic heterocycles. The number of aromatic nitrogens is 1. The number of fused-ring (bicyclic) bond motifs is 2. The molecule has 0 saturated heterocycles. The van der Waals surface area contributed by atoms with Crippen LogP contribution in [0.25, 0.3) is 0 Å². The van der Waals surface area contributed by atoms with Crippen LogP contribution in [0.2, 0.25) is 0 Å². The molecule has 0 aromatic carbocycles. The summed E-state index contributed by atoms with van der Waals surface area (Å²) in [5.41, 5.74) is 4.34. The summed E-state index contributed by atoms with van der Waals surface area (Å²) >= 11 is 1.43. The van der Waals surface area contributed by atoms with Gasteiger partial charge in [0.15, 0.2) is 0 Å². The van der Waals surface area contributed by atoms with Crippen molar-refractivity contribution in [2.45, 2.75) is 45.1 Å². The molecule has 5 heteroatoms. The van der Waals surface area contributed by atoms with Gasteiger partial charge in [-0.3, -0.25) is 4.79 Å². The van der Waals surface area contributed by atoms with Crippen molar-refractivity contribution in [2.24, 2.45) is 21.8 Å². The second-order valence-corrected chi connectivity index (χ2v) is 8.04. The Morgan fingerprint density at radius 2 is 2.27 bits per heavy atom. The molecule has 1 amide bonds. The van der Waals surface area contributed by atoms with E-state index in [0.717, 1.165) is 11.4 Å². The molecule has 4 nitrogen and oxygen atoms in total. The van der Waals surface area contributed by atoms with Crippen molar-refractivity contribution in [2.75, 3.05) is 5.75 Å². The van der Waals surface area contributed by atoms with Gasteiger partial charge < -0.3 is 0 Å². The standard InChI is InChI=1S/C17H23N3OS/c1-16(2)12-7-8-17(16,3)13(10-12)19-20-14(21)11-22-15-6-4-5-9-18-15/h4-6,9,12H,7-8,10-11H2,1-3H3,(H,20,21)/b19-13+/t12-,17-/m1/s1. The van der Waals surface area contributed by atoms with Crippen molar-refractivity contribution < 1.29 is 4.79 Å². The normalized spacial score (nSPS) is 30.7. The molecule has 0 unspecified atom stereocenters. The first-order chi connectivity index (χ1) is 10.4. The maximum Gasteiger partial charge on any atom is 0.250 e. The van der Waals surface area contributed by atoms with E-state index in [1.54, 1.807) is 6.20 Å². The zero-order valence-corrected chi connectivity index (χ0v) is 14.2. The van der Waals surface area contributed by atoms with Crippen LogP contribution in [0.1, 0.15) is 40.0 Å². The number of hydrazone groups is 1. The Hall–Kier alpha value is -1.36. The van der Waals surface area contributed by atoms with Gasteiger partial charge in [-0.25, -0.2) is 10.4 Å². The molecule has 2 atom stereocenters. The third kappa shape index (κ3) is 2.56. The minimum Gasteiger partial charge on any atom is -0.272 e. The number of carbonyl (C=O) groups excluding carboxylic acids is 1. The SMILES string of the molecule is CC1(C)[C@@H]2CC[C@]1(C)/C(=N/NC(=O)CSc1ccccn1)C2. The molecule has 2 aliphatic carbocycles. The molecule has 2 fully saturated rings. The van der Waals surface area contributed by atoms with E-state index >= 15 is 0 Å². The van der Waals surface area contributed by atoms with Gasteiger partial charge in [0.1, 0.15) is 0 Å². The lowest BCUT2D eigenvalue weighted by molar-refractivity contribution is -0.118. The van der Waals surface area contributed by atoms with E-state index in [2.05, 4.69) is 36.3 Å². The molecule has 2 bridgehead atoms. The van der Waals surface area contributed by atoms with Crippen LogP contribution in [0.15, 0.2) is 34.5 Å². The molecule has 0 spiro atoms. The lowest BCUT2D eigenvalue weighted by atomic mass is 9.70. The van der Waals surface area contributed by atoms with E-state index in [1.807, 2.05) is 18.2 Å². The maximum atomic E-state index is 12.0. The lowest BCUT2D eigenvalue weighted by Gasteiger charge is -2.34. The fourth-order valence-corrected chi connectivity index (χ4v) is 4.49. The van der Waals surface area contributed by atoms with Crippen LogP contribution < -0.4 is 5.43 Å². The van der Waals surface area contributed by atoms with Crippen LogP contribution in [0.5, 0.6) is 0 Å². The zero-order chi connectivity index (χ0) is 15.8. The van der Waals surface area contributed by atoms with Gasteiger partial charge in [-0.1, -0.05) is 38.6 Å². The highest BCUT2D eigenvalue weighted by atomic mass is 32.2. The number of nitrogens with one attached hydrogen (secondary N) is 1. The van der Waals surface area contributed by atoms with Crippen LogP contribution in [0.4, 0.5) is 0 Å². The number of hydrogen-bond acceptors (Lipinski definition) is 4. The Balaban J connectivity index is 1.57. The fraction of sp³-hybridized carbons (Fsp3) is 0.588. The van der Waals surface area contributed by atoms with Gasteiger partial charge in [0, 0.05) is 17.3 Å². The summed E-state index contributed by atoms with van der Waals surface area (Å²) in [6, 6.07) is 5.70. The molecule has 1 N–H and O–H groups in total. The van der Waals surface area contributed by atoms with Crippen molar-refractivity contribution in [1.29, 1.82) is 0 Å². The summed E-state index contributed by atoms with van der Waals surface area (Å²) in [4.78, 5) is 16.2. The predicted molar refractivity (Wildman–Crippen MR) is 89.8 cm³/mol. The number of carbonyl (C=O) groups is 1.